The summed E-state index contributed by atoms with van der Waals surface area (Å²) < 4.78 is 39.0. The van der Waals surface area contributed by atoms with Crippen LogP contribution in [0.4, 0.5) is 13.2 Å². The number of hydrogen-bond acceptors (Lipinski definition) is 1. The molecule has 0 radical (unpaired) electrons. The summed E-state index contributed by atoms with van der Waals surface area (Å²) in [5, 5.41) is 9.99. The van der Waals surface area contributed by atoms with Crippen molar-refractivity contribution in [1.82, 2.24) is 0 Å². The standard InChI is InChI=1S/C11H11F3O/c1-11(15,6-2-3-6)7-4-5-8(12)10(14)9(7)13/h4-6,15H,2-3H2,1H3. The fourth-order valence-electron chi connectivity index (χ4n) is 1.78. The van der Waals surface area contributed by atoms with Crippen LogP contribution in [0, 0.1) is 23.4 Å². The molecule has 1 aliphatic rings. The Kier molecular flexibility index (Phi) is 2.26. The molecular formula is C11H11F3O. The van der Waals surface area contributed by atoms with Crippen molar-refractivity contribution in [2.75, 3.05) is 0 Å². The molecule has 1 atom stereocenters. The first-order valence-electron chi connectivity index (χ1n) is 4.81. The maximum atomic E-state index is 13.4. The van der Waals surface area contributed by atoms with Gasteiger partial charge in [-0.2, -0.15) is 0 Å². The molecule has 82 valence electrons. The van der Waals surface area contributed by atoms with Gasteiger partial charge in [0.15, 0.2) is 17.5 Å². The van der Waals surface area contributed by atoms with E-state index in [0.29, 0.717) is 0 Å². The molecule has 0 saturated heterocycles. The fraction of sp³-hybridized carbons (Fsp3) is 0.455. The zero-order chi connectivity index (χ0) is 11.2. The Bertz CT molecular complexity index is 397. The molecule has 0 bridgehead atoms. The van der Waals surface area contributed by atoms with Crippen LogP contribution in [0.3, 0.4) is 0 Å². The maximum absolute atomic E-state index is 13.4. The van der Waals surface area contributed by atoms with E-state index in [2.05, 4.69) is 0 Å². The molecule has 1 unspecified atom stereocenters. The highest BCUT2D eigenvalue weighted by atomic mass is 19.2. The number of rotatable bonds is 2. The number of hydrogen-bond donors (Lipinski definition) is 1. The van der Waals surface area contributed by atoms with Gasteiger partial charge in [-0.05, 0) is 31.7 Å². The van der Waals surface area contributed by atoms with Crippen molar-refractivity contribution in [3.05, 3.63) is 35.1 Å². The van der Waals surface area contributed by atoms with Crippen LogP contribution in [-0.2, 0) is 5.60 Å². The second-order valence-corrected chi connectivity index (χ2v) is 4.14. The average molecular weight is 216 g/mol. The molecule has 1 nitrogen and oxygen atoms in total. The molecule has 0 amide bonds. The van der Waals surface area contributed by atoms with Crippen molar-refractivity contribution < 1.29 is 18.3 Å². The highest BCUT2D eigenvalue weighted by Gasteiger charge is 2.43. The quantitative estimate of drug-likeness (QED) is 0.753. The van der Waals surface area contributed by atoms with E-state index < -0.39 is 23.1 Å². The lowest BCUT2D eigenvalue weighted by molar-refractivity contribution is 0.0286. The Morgan fingerprint density at radius 3 is 2.33 bits per heavy atom. The third-order valence-corrected chi connectivity index (χ3v) is 2.95. The smallest absolute Gasteiger partial charge is 0.194 e. The van der Waals surface area contributed by atoms with Crippen LogP contribution in [-0.4, -0.2) is 5.11 Å². The highest BCUT2D eigenvalue weighted by molar-refractivity contribution is 5.27. The van der Waals surface area contributed by atoms with Gasteiger partial charge in [0.1, 0.15) is 0 Å². The van der Waals surface area contributed by atoms with Gasteiger partial charge in [0.05, 0.1) is 5.60 Å². The van der Waals surface area contributed by atoms with Gasteiger partial charge < -0.3 is 5.11 Å². The Balaban J connectivity index is 2.48. The molecule has 1 fully saturated rings. The van der Waals surface area contributed by atoms with Crippen molar-refractivity contribution in [3.8, 4) is 0 Å². The van der Waals surface area contributed by atoms with E-state index in [4.69, 9.17) is 0 Å². The molecule has 1 N–H and O–H groups in total. The van der Waals surface area contributed by atoms with E-state index in [1.165, 1.54) is 6.92 Å². The number of halogens is 3. The fourth-order valence-corrected chi connectivity index (χ4v) is 1.78. The first-order chi connectivity index (χ1) is 6.94. The van der Waals surface area contributed by atoms with Crippen LogP contribution in [0.15, 0.2) is 12.1 Å². The van der Waals surface area contributed by atoms with E-state index in [1.54, 1.807) is 0 Å². The molecule has 1 aromatic carbocycles. The first kappa shape index (κ1) is 10.5. The Morgan fingerprint density at radius 1 is 1.20 bits per heavy atom. The average Bonchev–Trinajstić information content (AvgIpc) is 2.97. The first-order valence-corrected chi connectivity index (χ1v) is 4.81. The van der Waals surface area contributed by atoms with Gasteiger partial charge in [-0.3, -0.25) is 0 Å². The van der Waals surface area contributed by atoms with Gasteiger partial charge in [-0.15, -0.1) is 0 Å². The molecule has 1 aromatic rings. The van der Waals surface area contributed by atoms with Gasteiger partial charge >= 0.3 is 0 Å². The van der Waals surface area contributed by atoms with Gasteiger partial charge in [0.25, 0.3) is 0 Å². The Labute approximate surface area is 85.5 Å². The minimum atomic E-state index is -1.52. The summed E-state index contributed by atoms with van der Waals surface area (Å²) in [6, 6.07) is 1.94. The van der Waals surface area contributed by atoms with Gasteiger partial charge in [0, 0.05) is 5.56 Å². The van der Waals surface area contributed by atoms with Gasteiger partial charge in [-0.1, -0.05) is 6.07 Å². The summed E-state index contributed by atoms with van der Waals surface area (Å²) >= 11 is 0. The van der Waals surface area contributed by atoms with Gasteiger partial charge in [0.2, 0.25) is 0 Å². The van der Waals surface area contributed by atoms with Crippen LogP contribution in [0.1, 0.15) is 25.3 Å². The monoisotopic (exact) mass is 216 g/mol. The largest absolute Gasteiger partial charge is 0.385 e. The highest BCUT2D eigenvalue weighted by Crippen LogP contribution is 2.46. The van der Waals surface area contributed by atoms with Crippen LogP contribution in [0.5, 0.6) is 0 Å². The SMILES string of the molecule is CC(O)(c1ccc(F)c(F)c1F)C1CC1. The minimum Gasteiger partial charge on any atom is -0.385 e. The zero-order valence-electron chi connectivity index (χ0n) is 8.23. The molecule has 1 saturated carbocycles. The molecular weight excluding hydrogens is 205 g/mol. The second-order valence-electron chi connectivity index (χ2n) is 4.14. The van der Waals surface area contributed by atoms with Gasteiger partial charge in [-0.25, -0.2) is 13.2 Å². The van der Waals surface area contributed by atoms with Crippen molar-refractivity contribution in [1.29, 1.82) is 0 Å². The zero-order valence-corrected chi connectivity index (χ0v) is 8.23. The van der Waals surface area contributed by atoms with E-state index in [9.17, 15) is 18.3 Å². The lowest BCUT2D eigenvalue weighted by atomic mass is 9.90. The van der Waals surface area contributed by atoms with E-state index >= 15 is 0 Å². The van der Waals surface area contributed by atoms with E-state index in [0.717, 1.165) is 25.0 Å². The Hall–Kier alpha value is -1.03. The molecule has 0 spiro atoms. The second kappa shape index (κ2) is 3.23. The van der Waals surface area contributed by atoms with Crippen LogP contribution < -0.4 is 0 Å². The molecule has 1 aliphatic carbocycles. The number of aliphatic hydroxyl groups is 1. The molecule has 4 heteroatoms. The van der Waals surface area contributed by atoms with E-state index in [-0.39, 0.29) is 11.5 Å². The predicted octanol–water partition coefficient (Wildman–Crippen LogP) is 2.72. The summed E-state index contributed by atoms with van der Waals surface area (Å²) in [6.45, 7) is 1.43. The summed E-state index contributed by atoms with van der Waals surface area (Å²) in [6.07, 6.45) is 1.57. The van der Waals surface area contributed by atoms with Crippen LogP contribution >= 0.6 is 0 Å². The maximum Gasteiger partial charge on any atom is 0.194 e. The molecule has 15 heavy (non-hydrogen) atoms. The minimum absolute atomic E-state index is 0.0585. The topological polar surface area (TPSA) is 20.2 Å². The lowest BCUT2D eigenvalue weighted by Gasteiger charge is -2.24. The van der Waals surface area contributed by atoms with Crippen molar-refractivity contribution in [3.63, 3.8) is 0 Å². The summed E-state index contributed by atoms with van der Waals surface area (Å²) in [5.74, 6) is -4.10. The third-order valence-electron chi connectivity index (χ3n) is 2.95. The predicted molar refractivity (Wildman–Crippen MR) is 48.6 cm³/mol. The number of benzene rings is 1. The Morgan fingerprint density at radius 2 is 1.80 bits per heavy atom. The van der Waals surface area contributed by atoms with Crippen molar-refractivity contribution >= 4 is 0 Å². The third kappa shape index (κ3) is 1.63. The lowest BCUT2D eigenvalue weighted by Crippen LogP contribution is -2.26. The normalized spacial score (nSPS) is 20.1. The summed E-state index contributed by atoms with van der Waals surface area (Å²) in [5.41, 5.74) is -1.57. The molecule has 0 heterocycles. The van der Waals surface area contributed by atoms with Crippen molar-refractivity contribution in [2.45, 2.75) is 25.4 Å². The van der Waals surface area contributed by atoms with E-state index in [1.807, 2.05) is 0 Å². The van der Waals surface area contributed by atoms with Crippen molar-refractivity contribution in [2.24, 2.45) is 5.92 Å². The summed E-state index contributed by atoms with van der Waals surface area (Å²) in [4.78, 5) is 0. The molecule has 2 rings (SSSR count). The molecule has 0 aliphatic heterocycles. The van der Waals surface area contributed by atoms with Crippen LogP contribution in [0.2, 0.25) is 0 Å². The van der Waals surface area contributed by atoms with Crippen LogP contribution in [0.25, 0.3) is 0 Å². The molecule has 0 aromatic heterocycles. The summed E-state index contributed by atoms with van der Waals surface area (Å²) in [7, 11) is 0.